The fourth-order valence-corrected chi connectivity index (χ4v) is 3.90. The van der Waals surface area contributed by atoms with Gasteiger partial charge >= 0.3 is 0 Å². The molecule has 2 heterocycles. The first-order valence-corrected chi connectivity index (χ1v) is 7.96. The van der Waals surface area contributed by atoms with Gasteiger partial charge in [-0.15, -0.1) is 11.3 Å². The molecule has 0 spiro atoms. The lowest BCUT2D eigenvalue weighted by Crippen LogP contribution is -2.25. The summed E-state index contributed by atoms with van der Waals surface area (Å²) in [4.78, 5) is 4.77. The van der Waals surface area contributed by atoms with E-state index < -0.39 is 10.0 Å². The SMILES string of the molecule is NCCc1ccc(S(=O)(=O)NCCc2ncno2)s1. The van der Waals surface area contributed by atoms with Gasteiger partial charge in [0.25, 0.3) is 0 Å². The van der Waals surface area contributed by atoms with Crippen molar-refractivity contribution in [2.75, 3.05) is 13.1 Å². The summed E-state index contributed by atoms with van der Waals surface area (Å²) in [5.41, 5.74) is 5.43. The first kappa shape index (κ1) is 14.1. The minimum absolute atomic E-state index is 0.217. The van der Waals surface area contributed by atoms with E-state index in [4.69, 9.17) is 10.3 Å². The maximum atomic E-state index is 12.0. The predicted molar refractivity (Wildman–Crippen MR) is 70.3 cm³/mol. The quantitative estimate of drug-likeness (QED) is 0.753. The Balaban J connectivity index is 1.93. The van der Waals surface area contributed by atoms with Crippen molar-refractivity contribution in [2.24, 2.45) is 5.73 Å². The number of rotatable bonds is 7. The molecule has 0 radical (unpaired) electrons. The van der Waals surface area contributed by atoms with Crippen molar-refractivity contribution in [3.8, 4) is 0 Å². The van der Waals surface area contributed by atoms with Crippen molar-refractivity contribution in [1.82, 2.24) is 14.9 Å². The molecular weight excluding hydrogens is 288 g/mol. The molecule has 7 nitrogen and oxygen atoms in total. The van der Waals surface area contributed by atoms with Crippen molar-refractivity contribution in [2.45, 2.75) is 17.1 Å². The van der Waals surface area contributed by atoms with Crippen LogP contribution in [-0.2, 0) is 22.9 Å². The molecule has 9 heteroatoms. The standard InChI is InChI=1S/C10H14N4O3S2/c11-5-3-8-1-2-10(18-8)19(15,16)14-6-4-9-12-7-13-17-9/h1-2,7,14H,3-6,11H2. The van der Waals surface area contributed by atoms with E-state index in [2.05, 4.69) is 14.9 Å². The summed E-state index contributed by atoms with van der Waals surface area (Å²) in [6.07, 6.45) is 2.32. The van der Waals surface area contributed by atoms with Crippen molar-refractivity contribution in [1.29, 1.82) is 0 Å². The van der Waals surface area contributed by atoms with E-state index in [1.54, 1.807) is 12.1 Å². The second kappa shape index (κ2) is 6.24. The van der Waals surface area contributed by atoms with Gasteiger partial charge in [0.05, 0.1) is 0 Å². The topological polar surface area (TPSA) is 111 Å². The third kappa shape index (κ3) is 3.83. The van der Waals surface area contributed by atoms with Crippen LogP contribution in [0, 0.1) is 0 Å². The largest absolute Gasteiger partial charge is 0.340 e. The van der Waals surface area contributed by atoms with Crippen LogP contribution in [0.2, 0.25) is 0 Å². The zero-order valence-corrected chi connectivity index (χ0v) is 11.7. The van der Waals surface area contributed by atoms with Crippen LogP contribution in [0.5, 0.6) is 0 Å². The molecule has 0 aliphatic heterocycles. The van der Waals surface area contributed by atoms with E-state index in [1.807, 2.05) is 0 Å². The monoisotopic (exact) mass is 302 g/mol. The summed E-state index contributed by atoms with van der Waals surface area (Å²) in [5, 5.41) is 3.45. The van der Waals surface area contributed by atoms with E-state index in [0.29, 0.717) is 29.5 Å². The average molecular weight is 302 g/mol. The van der Waals surface area contributed by atoms with Crippen LogP contribution in [0.4, 0.5) is 0 Å². The molecule has 2 rings (SSSR count). The number of hydrogen-bond acceptors (Lipinski definition) is 7. The number of hydrogen-bond donors (Lipinski definition) is 2. The molecule has 104 valence electrons. The Hall–Kier alpha value is -1.29. The van der Waals surface area contributed by atoms with E-state index in [0.717, 1.165) is 4.88 Å². The van der Waals surface area contributed by atoms with E-state index in [9.17, 15) is 8.42 Å². The maximum Gasteiger partial charge on any atom is 0.250 e. The molecule has 0 bridgehead atoms. The minimum Gasteiger partial charge on any atom is -0.340 e. The molecule has 0 aliphatic carbocycles. The van der Waals surface area contributed by atoms with Crippen LogP contribution in [0.3, 0.4) is 0 Å². The number of sulfonamides is 1. The lowest BCUT2D eigenvalue weighted by molar-refractivity contribution is 0.377. The van der Waals surface area contributed by atoms with Gasteiger partial charge in [0, 0.05) is 17.8 Å². The third-order valence-corrected chi connectivity index (χ3v) is 5.43. The molecule has 0 aliphatic rings. The highest BCUT2D eigenvalue weighted by Crippen LogP contribution is 2.21. The summed E-state index contributed by atoms with van der Waals surface area (Å²) in [7, 11) is -3.47. The predicted octanol–water partition coefficient (Wildman–Crippen LogP) is 0.153. The van der Waals surface area contributed by atoms with Gasteiger partial charge in [0.15, 0.2) is 6.33 Å². The van der Waals surface area contributed by atoms with Crippen LogP contribution in [0.25, 0.3) is 0 Å². The molecule has 0 amide bonds. The van der Waals surface area contributed by atoms with Crippen molar-refractivity contribution >= 4 is 21.4 Å². The molecule has 0 aromatic carbocycles. The highest BCUT2D eigenvalue weighted by Gasteiger charge is 2.16. The fraction of sp³-hybridized carbons (Fsp3) is 0.400. The molecule has 0 fully saturated rings. The van der Waals surface area contributed by atoms with Crippen LogP contribution in [0.15, 0.2) is 27.2 Å². The minimum atomic E-state index is -3.47. The Kier molecular flexibility index (Phi) is 4.64. The summed E-state index contributed by atoms with van der Waals surface area (Å²) < 4.78 is 31.5. The Morgan fingerprint density at radius 3 is 2.89 bits per heavy atom. The van der Waals surface area contributed by atoms with Crippen molar-refractivity contribution in [3.63, 3.8) is 0 Å². The lowest BCUT2D eigenvalue weighted by atomic mass is 10.3. The molecule has 0 unspecified atom stereocenters. The van der Waals surface area contributed by atoms with Crippen LogP contribution >= 0.6 is 11.3 Å². The summed E-state index contributed by atoms with van der Waals surface area (Å²) in [5.74, 6) is 0.401. The summed E-state index contributed by atoms with van der Waals surface area (Å²) in [6.45, 7) is 0.721. The third-order valence-electron chi connectivity index (χ3n) is 2.33. The van der Waals surface area contributed by atoms with Gasteiger partial charge in [-0.1, -0.05) is 5.16 Å². The van der Waals surface area contributed by atoms with E-state index in [1.165, 1.54) is 17.7 Å². The molecule has 0 atom stereocenters. The van der Waals surface area contributed by atoms with Crippen LogP contribution < -0.4 is 10.5 Å². The zero-order valence-electron chi connectivity index (χ0n) is 10.1. The lowest BCUT2D eigenvalue weighted by Gasteiger charge is -2.02. The van der Waals surface area contributed by atoms with Gasteiger partial charge in [-0.2, -0.15) is 4.98 Å². The number of nitrogens with two attached hydrogens (primary N) is 1. The average Bonchev–Trinajstić information content (AvgIpc) is 3.00. The van der Waals surface area contributed by atoms with Crippen LogP contribution in [-0.4, -0.2) is 31.6 Å². The first-order chi connectivity index (χ1) is 9.12. The van der Waals surface area contributed by atoms with Gasteiger partial charge < -0.3 is 10.3 Å². The zero-order chi connectivity index (χ0) is 13.7. The number of thiophene rings is 1. The fourth-order valence-electron chi connectivity index (χ4n) is 1.45. The van der Waals surface area contributed by atoms with Crippen molar-refractivity contribution < 1.29 is 12.9 Å². The molecule has 19 heavy (non-hydrogen) atoms. The van der Waals surface area contributed by atoms with Gasteiger partial charge in [0.2, 0.25) is 15.9 Å². The van der Waals surface area contributed by atoms with Crippen LogP contribution in [0.1, 0.15) is 10.8 Å². The molecule has 0 saturated heterocycles. The maximum absolute atomic E-state index is 12.0. The highest BCUT2D eigenvalue weighted by atomic mass is 32.2. The van der Waals surface area contributed by atoms with Gasteiger partial charge in [-0.25, -0.2) is 13.1 Å². The van der Waals surface area contributed by atoms with Gasteiger partial charge in [0.1, 0.15) is 4.21 Å². The Labute approximate surface area is 114 Å². The molecule has 2 aromatic rings. The molecule has 2 aromatic heterocycles. The Morgan fingerprint density at radius 1 is 1.37 bits per heavy atom. The molecule has 3 N–H and O–H groups in total. The number of nitrogens with one attached hydrogen (secondary N) is 1. The summed E-state index contributed by atoms with van der Waals surface area (Å²) in [6, 6.07) is 3.37. The smallest absolute Gasteiger partial charge is 0.250 e. The number of nitrogens with zero attached hydrogens (tertiary/aromatic N) is 2. The van der Waals surface area contributed by atoms with Gasteiger partial charge in [-0.05, 0) is 25.1 Å². The van der Waals surface area contributed by atoms with E-state index >= 15 is 0 Å². The van der Waals surface area contributed by atoms with Crippen molar-refractivity contribution in [3.05, 3.63) is 29.2 Å². The molecule has 0 saturated carbocycles. The van der Waals surface area contributed by atoms with Gasteiger partial charge in [-0.3, -0.25) is 0 Å². The normalized spacial score (nSPS) is 11.8. The second-order valence-corrected chi connectivity index (χ2v) is 6.90. The number of aromatic nitrogens is 2. The summed E-state index contributed by atoms with van der Waals surface area (Å²) >= 11 is 1.23. The Bertz CT molecular complexity index is 607. The van der Waals surface area contributed by atoms with E-state index in [-0.39, 0.29) is 6.54 Å². The second-order valence-electron chi connectivity index (χ2n) is 3.74. The highest BCUT2D eigenvalue weighted by molar-refractivity contribution is 7.91. The first-order valence-electron chi connectivity index (χ1n) is 5.66. The molecular formula is C10H14N4O3S2. The Morgan fingerprint density at radius 2 is 2.21 bits per heavy atom.